The van der Waals surface area contributed by atoms with E-state index in [4.69, 9.17) is 0 Å². The minimum atomic E-state index is -4.49. The Morgan fingerprint density at radius 1 is 1.05 bits per heavy atom. The molecule has 19 heavy (non-hydrogen) atoms. The zero-order chi connectivity index (χ0) is 13.9. The molecule has 0 fully saturated rings. The van der Waals surface area contributed by atoms with Gasteiger partial charge in [0, 0.05) is 0 Å². The van der Waals surface area contributed by atoms with Gasteiger partial charge in [0.1, 0.15) is 0 Å². The number of hydrogen-bond acceptors (Lipinski definition) is 2. The molecule has 0 N–H and O–H groups in total. The van der Waals surface area contributed by atoms with Crippen molar-refractivity contribution >= 4 is 16.7 Å². The van der Waals surface area contributed by atoms with Crippen LogP contribution in [0.1, 0.15) is 5.56 Å². The molecule has 2 nitrogen and oxygen atoms in total. The number of rotatable bonds is 3. The van der Waals surface area contributed by atoms with E-state index in [-0.39, 0.29) is 6.42 Å². The fourth-order valence-corrected chi connectivity index (χ4v) is 1.73. The Morgan fingerprint density at radius 2 is 1.74 bits per heavy atom. The lowest BCUT2D eigenvalue weighted by Crippen LogP contribution is -2.21. The molecule has 0 saturated carbocycles. The quantitative estimate of drug-likeness (QED) is 0.796. The second-order valence-corrected chi connectivity index (χ2v) is 4.13. The summed E-state index contributed by atoms with van der Waals surface area (Å²) in [4.78, 5) is 11.3. The SMILES string of the molecule is O=C(Cc1ccc2ccccc2c1)OCC(F)(F)F. The molecule has 0 bridgehead atoms. The number of carbonyl (C=O) groups is 1. The van der Waals surface area contributed by atoms with Crippen LogP contribution in [0.25, 0.3) is 10.8 Å². The average Bonchev–Trinajstić information content (AvgIpc) is 2.35. The van der Waals surface area contributed by atoms with Crippen LogP contribution in [0.3, 0.4) is 0 Å². The molecule has 0 atom stereocenters. The molecule has 0 aliphatic heterocycles. The van der Waals surface area contributed by atoms with E-state index in [1.165, 1.54) is 0 Å². The largest absolute Gasteiger partial charge is 0.456 e. The predicted molar refractivity (Wildman–Crippen MR) is 64.7 cm³/mol. The Bertz CT molecular complexity index is 591. The zero-order valence-electron chi connectivity index (χ0n) is 9.91. The van der Waals surface area contributed by atoms with E-state index in [9.17, 15) is 18.0 Å². The normalized spacial score (nSPS) is 11.5. The molecule has 100 valence electrons. The molecular formula is C14H11F3O2. The summed E-state index contributed by atoms with van der Waals surface area (Å²) in [7, 11) is 0. The molecule has 0 radical (unpaired) electrons. The summed E-state index contributed by atoms with van der Waals surface area (Å²) in [5.41, 5.74) is 0.630. The van der Waals surface area contributed by atoms with Crippen molar-refractivity contribution in [3.05, 3.63) is 48.0 Å². The van der Waals surface area contributed by atoms with Crippen molar-refractivity contribution in [2.45, 2.75) is 12.6 Å². The summed E-state index contributed by atoms with van der Waals surface area (Å²) in [5.74, 6) is -0.882. The molecule has 0 amide bonds. The smallest absolute Gasteiger partial charge is 0.422 e. The number of esters is 1. The van der Waals surface area contributed by atoms with Crippen LogP contribution < -0.4 is 0 Å². The van der Waals surface area contributed by atoms with Gasteiger partial charge in [-0.1, -0.05) is 42.5 Å². The van der Waals surface area contributed by atoms with Crippen LogP contribution in [0.5, 0.6) is 0 Å². The molecule has 0 aliphatic rings. The van der Waals surface area contributed by atoms with E-state index in [1.807, 2.05) is 30.3 Å². The van der Waals surface area contributed by atoms with Crippen molar-refractivity contribution in [1.29, 1.82) is 0 Å². The first kappa shape index (κ1) is 13.4. The van der Waals surface area contributed by atoms with Gasteiger partial charge in [0.25, 0.3) is 0 Å². The lowest BCUT2D eigenvalue weighted by molar-refractivity contribution is -0.185. The highest BCUT2D eigenvalue weighted by molar-refractivity contribution is 5.84. The van der Waals surface area contributed by atoms with Crippen LogP contribution >= 0.6 is 0 Å². The van der Waals surface area contributed by atoms with Crippen LogP contribution in [0.2, 0.25) is 0 Å². The number of carbonyl (C=O) groups excluding carboxylic acids is 1. The minimum Gasteiger partial charge on any atom is -0.456 e. The van der Waals surface area contributed by atoms with Crippen molar-refractivity contribution in [3.8, 4) is 0 Å². The highest BCUT2D eigenvalue weighted by Crippen LogP contribution is 2.17. The Morgan fingerprint density at radius 3 is 2.42 bits per heavy atom. The summed E-state index contributed by atoms with van der Waals surface area (Å²) in [6.07, 6.45) is -4.65. The minimum absolute atomic E-state index is 0.166. The van der Waals surface area contributed by atoms with Crippen LogP contribution in [0.15, 0.2) is 42.5 Å². The third-order valence-corrected chi connectivity index (χ3v) is 2.56. The fraction of sp³-hybridized carbons (Fsp3) is 0.214. The van der Waals surface area contributed by atoms with Crippen molar-refractivity contribution in [3.63, 3.8) is 0 Å². The number of hydrogen-bond donors (Lipinski definition) is 0. The third-order valence-electron chi connectivity index (χ3n) is 2.56. The van der Waals surface area contributed by atoms with Gasteiger partial charge in [0.15, 0.2) is 6.61 Å². The Labute approximate surface area is 107 Å². The van der Waals surface area contributed by atoms with E-state index >= 15 is 0 Å². The first-order chi connectivity index (χ1) is 8.94. The molecule has 2 aromatic carbocycles. The van der Waals surface area contributed by atoms with Gasteiger partial charge < -0.3 is 4.74 Å². The Kier molecular flexibility index (Phi) is 3.74. The summed E-state index contributed by atoms with van der Waals surface area (Å²) < 4.78 is 39.8. The van der Waals surface area contributed by atoms with Gasteiger partial charge >= 0.3 is 12.1 Å². The molecule has 0 unspecified atom stereocenters. The van der Waals surface area contributed by atoms with Crippen molar-refractivity contribution in [1.82, 2.24) is 0 Å². The number of benzene rings is 2. The van der Waals surface area contributed by atoms with E-state index in [0.29, 0.717) is 5.56 Å². The molecule has 5 heteroatoms. The molecule has 0 aliphatic carbocycles. The first-order valence-corrected chi connectivity index (χ1v) is 5.64. The highest BCUT2D eigenvalue weighted by atomic mass is 19.4. The van der Waals surface area contributed by atoms with Gasteiger partial charge in [0.05, 0.1) is 6.42 Å². The summed E-state index contributed by atoms with van der Waals surface area (Å²) >= 11 is 0. The van der Waals surface area contributed by atoms with E-state index in [0.717, 1.165) is 10.8 Å². The van der Waals surface area contributed by atoms with Gasteiger partial charge in [-0.2, -0.15) is 13.2 Å². The zero-order valence-corrected chi connectivity index (χ0v) is 9.91. The van der Waals surface area contributed by atoms with Crippen molar-refractivity contribution in [2.24, 2.45) is 0 Å². The van der Waals surface area contributed by atoms with E-state index in [1.54, 1.807) is 12.1 Å². The first-order valence-electron chi connectivity index (χ1n) is 5.64. The van der Waals surface area contributed by atoms with Crippen LogP contribution in [-0.4, -0.2) is 18.8 Å². The molecule has 2 aromatic rings. The molecule has 0 aromatic heterocycles. The van der Waals surface area contributed by atoms with Gasteiger partial charge in [-0.05, 0) is 16.3 Å². The maximum absolute atomic E-state index is 11.9. The van der Waals surface area contributed by atoms with Crippen LogP contribution in [0, 0.1) is 0 Å². The molecule has 0 saturated heterocycles. The molecular weight excluding hydrogens is 257 g/mol. The number of halogens is 3. The maximum Gasteiger partial charge on any atom is 0.422 e. The van der Waals surface area contributed by atoms with Gasteiger partial charge in [-0.15, -0.1) is 0 Å². The molecule has 2 rings (SSSR count). The van der Waals surface area contributed by atoms with E-state index < -0.39 is 18.8 Å². The second kappa shape index (κ2) is 5.30. The standard InChI is InChI=1S/C14H11F3O2/c15-14(16,17)9-19-13(18)8-10-5-6-11-3-1-2-4-12(11)7-10/h1-7H,8-9H2. The number of alkyl halides is 3. The number of ether oxygens (including phenoxy) is 1. The average molecular weight is 268 g/mol. The fourth-order valence-electron chi connectivity index (χ4n) is 1.73. The molecule has 0 spiro atoms. The Hall–Kier alpha value is -2.04. The topological polar surface area (TPSA) is 26.3 Å². The van der Waals surface area contributed by atoms with E-state index in [2.05, 4.69) is 4.74 Å². The summed E-state index contributed by atoms with van der Waals surface area (Å²) in [6, 6.07) is 12.8. The van der Waals surface area contributed by atoms with Crippen molar-refractivity contribution < 1.29 is 22.7 Å². The van der Waals surface area contributed by atoms with Gasteiger partial charge in [-0.25, -0.2) is 0 Å². The lowest BCUT2D eigenvalue weighted by atomic mass is 10.1. The maximum atomic E-state index is 11.9. The highest BCUT2D eigenvalue weighted by Gasteiger charge is 2.29. The third kappa shape index (κ3) is 3.98. The van der Waals surface area contributed by atoms with Gasteiger partial charge in [-0.3, -0.25) is 4.79 Å². The Balaban J connectivity index is 2.03. The second-order valence-electron chi connectivity index (χ2n) is 4.13. The van der Waals surface area contributed by atoms with Crippen molar-refractivity contribution in [2.75, 3.05) is 6.61 Å². The summed E-state index contributed by atoms with van der Waals surface area (Å²) in [6.45, 7) is -1.54. The van der Waals surface area contributed by atoms with Gasteiger partial charge in [0.2, 0.25) is 0 Å². The molecule has 0 heterocycles. The predicted octanol–water partition coefficient (Wildman–Crippen LogP) is 3.49. The lowest BCUT2D eigenvalue weighted by Gasteiger charge is -2.08. The summed E-state index contributed by atoms with van der Waals surface area (Å²) in [5, 5.41) is 1.94. The monoisotopic (exact) mass is 268 g/mol. The van der Waals surface area contributed by atoms with Crippen LogP contribution in [-0.2, 0) is 16.0 Å². The van der Waals surface area contributed by atoms with Crippen LogP contribution in [0.4, 0.5) is 13.2 Å². The number of fused-ring (bicyclic) bond motifs is 1.